The van der Waals surface area contributed by atoms with Gasteiger partial charge in [-0.3, -0.25) is 9.59 Å². The van der Waals surface area contributed by atoms with Crippen molar-refractivity contribution in [2.24, 2.45) is 0 Å². The first-order valence-corrected chi connectivity index (χ1v) is 16.6. The van der Waals surface area contributed by atoms with Crippen LogP contribution in [0.25, 0.3) is 0 Å². The number of halogens is 1. The van der Waals surface area contributed by atoms with Crippen LogP contribution in [0.5, 0.6) is 0 Å². The van der Waals surface area contributed by atoms with Crippen molar-refractivity contribution in [1.82, 2.24) is 14.5 Å². The van der Waals surface area contributed by atoms with Gasteiger partial charge in [0.1, 0.15) is 6.04 Å². The van der Waals surface area contributed by atoms with Crippen molar-refractivity contribution in [3.63, 3.8) is 0 Å². The monoisotopic (exact) mass is 609 g/mol. The maximum atomic E-state index is 13.9. The summed E-state index contributed by atoms with van der Waals surface area (Å²) >= 11 is 6.11. The van der Waals surface area contributed by atoms with Crippen LogP contribution in [0.3, 0.4) is 0 Å². The van der Waals surface area contributed by atoms with Crippen molar-refractivity contribution in [2.75, 3.05) is 19.6 Å². The van der Waals surface area contributed by atoms with E-state index in [2.05, 4.69) is 12.2 Å². The van der Waals surface area contributed by atoms with Crippen molar-refractivity contribution in [2.45, 2.75) is 69.4 Å². The summed E-state index contributed by atoms with van der Waals surface area (Å²) in [5.74, 6) is -0.382. The van der Waals surface area contributed by atoms with Crippen molar-refractivity contribution in [3.05, 3.63) is 101 Å². The van der Waals surface area contributed by atoms with E-state index in [9.17, 15) is 18.0 Å². The van der Waals surface area contributed by atoms with Crippen LogP contribution in [0.4, 0.5) is 0 Å². The van der Waals surface area contributed by atoms with Crippen LogP contribution >= 0.6 is 11.6 Å². The second-order valence-electron chi connectivity index (χ2n) is 10.7. The number of nitrogens with one attached hydrogen (secondary N) is 1. The van der Waals surface area contributed by atoms with Crippen LogP contribution < -0.4 is 5.32 Å². The predicted molar refractivity (Wildman–Crippen MR) is 166 cm³/mol. The van der Waals surface area contributed by atoms with E-state index in [-0.39, 0.29) is 29.7 Å². The maximum Gasteiger partial charge on any atom is 0.247 e. The molecule has 0 saturated carbocycles. The van der Waals surface area contributed by atoms with Crippen LogP contribution in [-0.2, 0) is 32.6 Å². The summed E-state index contributed by atoms with van der Waals surface area (Å²) in [5.41, 5.74) is 2.46. The lowest BCUT2D eigenvalue weighted by atomic mass is 10.0. The summed E-state index contributed by atoms with van der Waals surface area (Å²) in [5, 5.41) is 3.65. The van der Waals surface area contributed by atoms with Crippen LogP contribution in [-0.4, -0.2) is 49.1 Å². The molecule has 3 aromatic rings. The molecule has 1 fully saturated rings. The number of benzene rings is 3. The molecule has 224 valence electrons. The minimum atomic E-state index is -3.50. The Labute approximate surface area is 254 Å². The summed E-state index contributed by atoms with van der Waals surface area (Å²) in [6, 6.07) is 22.6. The van der Waals surface area contributed by atoms with Gasteiger partial charge in [-0.15, -0.1) is 0 Å². The lowest BCUT2D eigenvalue weighted by Crippen LogP contribution is -2.43. The summed E-state index contributed by atoms with van der Waals surface area (Å²) in [7, 11) is -3.50. The summed E-state index contributed by atoms with van der Waals surface area (Å²) in [6.07, 6.45) is 5.28. The molecule has 0 bridgehead atoms. The molecule has 7 nitrogen and oxygen atoms in total. The van der Waals surface area contributed by atoms with Gasteiger partial charge in [-0.05, 0) is 66.6 Å². The molecule has 9 heteroatoms. The molecular formula is C33H40ClN3O4S. The highest BCUT2D eigenvalue weighted by Crippen LogP contribution is 2.26. The van der Waals surface area contributed by atoms with Crippen molar-refractivity contribution >= 4 is 33.4 Å². The first-order chi connectivity index (χ1) is 20.3. The molecule has 2 amide bonds. The molecule has 0 unspecified atom stereocenters. The van der Waals surface area contributed by atoms with Crippen LogP contribution in [0.2, 0.25) is 5.02 Å². The summed E-state index contributed by atoms with van der Waals surface area (Å²) in [4.78, 5) is 29.4. The van der Waals surface area contributed by atoms with E-state index >= 15 is 0 Å². The third-order valence-corrected chi connectivity index (χ3v) is 9.76. The number of unbranched alkanes of at least 4 members (excludes halogenated alkanes) is 2. The molecule has 0 spiro atoms. The fraction of sp³-hybridized carbons (Fsp3) is 0.394. The molecule has 1 heterocycles. The van der Waals surface area contributed by atoms with Gasteiger partial charge in [0.25, 0.3) is 0 Å². The van der Waals surface area contributed by atoms with Crippen LogP contribution in [0.1, 0.15) is 68.2 Å². The van der Waals surface area contributed by atoms with Gasteiger partial charge >= 0.3 is 0 Å². The third kappa shape index (κ3) is 8.43. The maximum absolute atomic E-state index is 13.9. The molecule has 1 aliphatic heterocycles. The smallest absolute Gasteiger partial charge is 0.247 e. The SMILES string of the molecule is CCCCCNC(=O)[C@H](c1ccccc1)N(Cc1ccc(Cl)cc1)C(=O)CCc1ccc(S(=O)(=O)N2CCCC2)cc1. The predicted octanol–water partition coefficient (Wildman–Crippen LogP) is 6.13. The number of carbonyl (C=O) groups is 2. The molecular weight excluding hydrogens is 570 g/mol. The number of sulfonamides is 1. The number of aryl methyl sites for hydroxylation is 1. The van der Waals surface area contributed by atoms with Crippen molar-refractivity contribution < 1.29 is 18.0 Å². The number of hydrogen-bond acceptors (Lipinski definition) is 4. The molecule has 1 aliphatic rings. The average molecular weight is 610 g/mol. The van der Waals surface area contributed by atoms with E-state index in [1.54, 1.807) is 41.3 Å². The van der Waals surface area contributed by atoms with E-state index in [0.717, 1.165) is 48.8 Å². The Hall–Kier alpha value is -3.20. The Bertz CT molecular complexity index is 1410. The Morgan fingerprint density at radius 1 is 0.905 bits per heavy atom. The van der Waals surface area contributed by atoms with E-state index in [1.165, 1.54) is 4.31 Å². The van der Waals surface area contributed by atoms with Gasteiger partial charge < -0.3 is 10.2 Å². The molecule has 3 aromatic carbocycles. The number of hydrogen-bond donors (Lipinski definition) is 1. The molecule has 42 heavy (non-hydrogen) atoms. The molecule has 0 aromatic heterocycles. The van der Waals surface area contributed by atoms with E-state index in [0.29, 0.717) is 31.1 Å². The number of rotatable bonds is 14. The minimum absolute atomic E-state index is 0.165. The van der Waals surface area contributed by atoms with Gasteiger partial charge in [0.2, 0.25) is 21.8 Å². The highest BCUT2D eigenvalue weighted by molar-refractivity contribution is 7.89. The topological polar surface area (TPSA) is 86.8 Å². The zero-order valence-electron chi connectivity index (χ0n) is 24.2. The Balaban J connectivity index is 1.54. The molecule has 1 atom stereocenters. The van der Waals surface area contributed by atoms with E-state index < -0.39 is 16.1 Å². The van der Waals surface area contributed by atoms with Crippen molar-refractivity contribution in [3.8, 4) is 0 Å². The second-order valence-corrected chi connectivity index (χ2v) is 13.1. The Morgan fingerprint density at radius 3 is 2.19 bits per heavy atom. The second kappa shape index (κ2) is 15.3. The van der Waals surface area contributed by atoms with Crippen molar-refractivity contribution in [1.29, 1.82) is 0 Å². The quantitative estimate of drug-likeness (QED) is 0.223. The molecule has 4 rings (SSSR count). The zero-order chi connectivity index (χ0) is 30.0. The van der Waals surface area contributed by atoms with E-state index in [1.807, 2.05) is 42.5 Å². The molecule has 1 saturated heterocycles. The average Bonchev–Trinajstić information content (AvgIpc) is 3.56. The van der Waals surface area contributed by atoms with Gasteiger partial charge in [-0.2, -0.15) is 4.31 Å². The fourth-order valence-electron chi connectivity index (χ4n) is 5.20. The van der Waals surface area contributed by atoms with Gasteiger partial charge in [0.15, 0.2) is 0 Å². The number of carbonyl (C=O) groups excluding carboxylic acids is 2. The zero-order valence-corrected chi connectivity index (χ0v) is 25.7. The first kappa shape index (κ1) is 31.7. The normalized spacial score (nSPS) is 14.4. The third-order valence-electron chi connectivity index (χ3n) is 7.60. The van der Waals surface area contributed by atoms with E-state index in [4.69, 9.17) is 11.6 Å². The lowest BCUT2D eigenvalue weighted by molar-refractivity contribution is -0.141. The number of amides is 2. The lowest BCUT2D eigenvalue weighted by Gasteiger charge is -2.32. The minimum Gasteiger partial charge on any atom is -0.354 e. The molecule has 0 radical (unpaired) electrons. The highest BCUT2D eigenvalue weighted by Gasteiger charge is 2.31. The Kier molecular flexibility index (Phi) is 11.6. The van der Waals surface area contributed by atoms with Gasteiger partial charge in [-0.25, -0.2) is 8.42 Å². The molecule has 1 N–H and O–H groups in total. The van der Waals surface area contributed by atoms with Gasteiger partial charge in [0.05, 0.1) is 4.90 Å². The van der Waals surface area contributed by atoms with Gasteiger partial charge in [-0.1, -0.05) is 86.0 Å². The number of nitrogens with zero attached hydrogens (tertiary/aromatic N) is 2. The summed E-state index contributed by atoms with van der Waals surface area (Å²) < 4.78 is 27.3. The van der Waals surface area contributed by atoms with Crippen LogP contribution in [0, 0.1) is 0 Å². The van der Waals surface area contributed by atoms with Crippen LogP contribution in [0.15, 0.2) is 83.8 Å². The molecule has 0 aliphatic carbocycles. The largest absolute Gasteiger partial charge is 0.354 e. The Morgan fingerprint density at radius 2 is 1.55 bits per heavy atom. The standard InChI is InChI=1S/C33H40ClN3O4S/c1-2-3-7-22-35-33(39)32(28-10-5-4-6-11-28)37(25-27-12-17-29(34)18-13-27)31(38)21-16-26-14-19-30(20-15-26)42(40,41)36-23-8-9-24-36/h4-6,10-15,17-20,32H,2-3,7-9,16,21-25H2,1H3,(H,35,39)/t32-/m0/s1. The first-order valence-electron chi connectivity index (χ1n) is 14.7. The fourth-order valence-corrected chi connectivity index (χ4v) is 6.84. The highest BCUT2D eigenvalue weighted by atomic mass is 35.5. The summed E-state index contributed by atoms with van der Waals surface area (Å²) in [6.45, 7) is 4.01. The van der Waals surface area contributed by atoms with Gasteiger partial charge in [0, 0.05) is 37.6 Å².